The smallest absolute Gasteiger partial charge is 0.321 e. The molecule has 1 saturated heterocycles. The number of amides is 2. The van der Waals surface area contributed by atoms with Crippen LogP contribution in [-0.4, -0.2) is 56.3 Å². The number of thiazole rings is 1. The lowest BCUT2D eigenvalue weighted by Crippen LogP contribution is -2.49. The SMILES string of the molecule is O=C(Nc1cccc2ccccc12)N1CCN(Cc2c(-c3ccc([N+](=O)[O-])cc3)nc3sccn23)CC1. The van der Waals surface area contributed by atoms with Crippen LogP contribution >= 0.6 is 11.3 Å². The molecule has 0 radical (unpaired) electrons. The zero-order valence-electron chi connectivity index (χ0n) is 19.9. The number of anilines is 1. The molecule has 3 heterocycles. The van der Waals surface area contributed by atoms with Crippen molar-refractivity contribution in [1.29, 1.82) is 0 Å². The van der Waals surface area contributed by atoms with E-state index in [0.29, 0.717) is 19.6 Å². The first-order chi connectivity index (χ1) is 18.1. The Balaban J connectivity index is 1.15. The highest BCUT2D eigenvalue weighted by atomic mass is 32.1. The summed E-state index contributed by atoms with van der Waals surface area (Å²) < 4.78 is 2.08. The molecule has 6 rings (SSSR count). The first kappa shape index (κ1) is 23.1. The van der Waals surface area contributed by atoms with Gasteiger partial charge in [0.1, 0.15) is 0 Å². The standard InChI is InChI=1S/C27H24N6O3S/c34-26(28-23-7-3-5-19-4-1-2-6-22(19)23)31-14-12-30(13-15-31)18-24-25(29-27-32(24)16-17-37-27)20-8-10-21(11-9-20)33(35)36/h1-11,16-17H,12-15,18H2,(H,28,34). The minimum Gasteiger partial charge on any atom is -0.322 e. The number of imidazole rings is 1. The third-order valence-electron chi connectivity index (χ3n) is 6.78. The van der Waals surface area contributed by atoms with Crippen LogP contribution in [0.15, 0.2) is 78.3 Å². The van der Waals surface area contributed by atoms with Crippen LogP contribution in [0.25, 0.3) is 27.0 Å². The highest BCUT2D eigenvalue weighted by Crippen LogP contribution is 2.29. The van der Waals surface area contributed by atoms with Crippen molar-refractivity contribution >= 4 is 44.5 Å². The molecule has 0 atom stereocenters. The zero-order chi connectivity index (χ0) is 25.4. The number of carbonyl (C=O) groups excluding carboxylic acids is 1. The molecule has 1 aliphatic rings. The van der Waals surface area contributed by atoms with E-state index >= 15 is 0 Å². The molecule has 1 N–H and O–H groups in total. The van der Waals surface area contributed by atoms with Crippen molar-refractivity contribution in [3.8, 4) is 11.3 Å². The van der Waals surface area contributed by atoms with Gasteiger partial charge in [-0.3, -0.25) is 19.4 Å². The Morgan fingerprint density at radius 2 is 1.76 bits per heavy atom. The summed E-state index contributed by atoms with van der Waals surface area (Å²) in [6.45, 7) is 3.38. The van der Waals surface area contributed by atoms with E-state index in [0.717, 1.165) is 51.5 Å². The van der Waals surface area contributed by atoms with Crippen molar-refractivity contribution in [3.63, 3.8) is 0 Å². The molecule has 37 heavy (non-hydrogen) atoms. The maximum absolute atomic E-state index is 13.0. The van der Waals surface area contributed by atoms with E-state index in [-0.39, 0.29) is 11.7 Å². The molecule has 1 fully saturated rings. The summed E-state index contributed by atoms with van der Waals surface area (Å²) in [5.41, 5.74) is 3.60. The average Bonchev–Trinajstić information content (AvgIpc) is 3.52. The minimum absolute atomic E-state index is 0.0595. The van der Waals surface area contributed by atoms with Gasteiger partial charge in [0.05, 0.1) is 22.0 Å². The molecule has 0 bridgehead atoms. The first-order valence-electron chi connectivity index (χ1n) is 12.0. The summed E-state index contributed by atoms with van der Waals surface area (Å²) in [4.78, 5) is 33.6. The highest BCUT2D eigenvalue weighted by Gasteiger charge is 2.24. The Morgan fingerprint density at radius 3 is 2.54 bits per heavy atom. The van der Waals surface area contributed by atoms with Gasteiger partial charge in [0.25, 0.3) is 5.69 Å². The molecular formula is C27H24N6O3S. The summed E-state index contributed by atoms with van der Waals surface area (Å²) in [7, 11) is 0. The molecule has 0 unspecified atom stereocenters. The van der Waals surface area contributed by atoms with E-state index in [4.69, 9.17) is 4.98 Å². The summed E-state index contributed by atoms with van der Waals surface area (Å²) in [6.07, 6.45) is 2.01. The van der Waals surface area contributed by atoms with Crippen LogP contribution in [0.4, 0.5) is 16.2 Å². The van der Waals surface area contributed by atoms with Gasteiger partial charge in [-0.25, -0.2) is 9.78 Å². The summed E-state index contributed by atoms with van der Waals surface area (Å²) in [6, 6.07) is 20.4. The maximum Gasteiger partial charge on any atom is 0.321 e. The summed E-state index contributed by atoms with van der Waals surface area (Å²) in [5, 5.41) is 18.3. The maximum atomic E-state index is 13.0. The molecule has 5 aromatic rings. The molecule has 0 spiro atoms. The molecule has 10 heteroatoms. The minimum atomic E-state index is -0.396. The number of nitro groups is 1. The largest absolute Gasteiger partial charge is 0.322 e. The quantitative estimate of drug-likeness (QED) is 0.249. The monoisotopic (exact) mass is 512 g/mol. The number of hydrogen-bond donors (Lipinski definition) is 1. The molecule has 186 valence electrons. The molecule has 9 nitrogen and oxygen atoms in total. The van der Waals surface area contributed by atoms with Gasteiger partial charge in [-0.1, -0.05) is 36.4 Å². The van der Waals surface area contributed by atoms with Crippen LogP contribution in [-0.2, 0) is 6.54 Å². The number of hydrogen-bond acceptors (Lipinski definition) is 6. The summed E-state index contributed by atoms with van der Waals surface area (Å²) >= 11 is 1.56. The van der Waals surface area contributed by atoms with Gasteiger partial charge in [-0.2, -0.15) is 0 Å². The third-order valence-corrected chi connectivity index (χ3v) is 7.53. The predicted octanol–water partition coefficient (Wildman–Crippen LogP) is 5.47. The second-order valence-electron chi connectivity index (χ2n) is 8.99. The van der Waals surface area contributed by atoms with E-state index in [2.05, 4.69) is 14.6 Å². The Labute approximate surface area is 216 Å². The van der Waals surface area contributed by atoms with Crippen LogP contribution in [0.1, 0.15) is 5.69 Å². The van der Waals surface area contributed by atoms with Crippen LogP contribution in [0.3, 0.4) is 0 Å². The average molecular weight is 513 g/mol. The number of urea groups is 1. The van der Waals surface area contributed by atoms with Crippen LogP contribution in [0.2, 0.25) is 0 Å². The van der Waals surface area contributed by atoms with Gasteiger partial charge in [0, 0.05) is 67.4 Å². The number of piperazine rings is 1. The van der Waals surface area contributed by atoms with E-state index in [9.17, 15) is 14.9 Å². The van der Waals surface area contributed by atoms with Crippen molar-refractivity contribution in [3.05, 3.63) is 94.1 Å². The number of fused-ring (bicyclic) bond motifs is 2. The topological polar surface area (TPSA) is 96.0 Å². The highest BCUT2D eigenvalue weighted by molar-refractivity contribution is 7.15. The second-order valence-corrected chi connectivity index (χ2v) is 9.86. The third kappa shape index (κ3) is 4.52. The first-order valence-corrected chi connectivity index (χ1v) is 12.9. The number of nitrogens with zero attached hydrogens (tertiary/aromatic N) is 5. The van der Waals surface area contributed by atoms with Crippen LogP contribution in [0.5, 0.6) is 0 Å². The fourth-order valence-corrected chi connectivity index (χ4v) is 5.54. The lowest BCUT2D eigenvalue weighted by Gasteiger charge is -2.34. The van der Waals surface area contributed by atoms with Crippen molar-refractivity contribution < 1.29 is 9.72 Å². The lowest BCUT2D eigenvalue weighted by atomic mass is 10.1. The molecule has 2 aromatic heterocycles. The molecule has 0 saturated carbocycles. The van der Waals surface area contributed by atoms with Gasteiger partial charge < -0.3 is 10.2 Å². The molecule has 2 amide bonds. The van der Waals surface area contributed by atoms with Crippen molar-refractivity contribution in [2.75, 3.05) is 31.5 Å². The number of nitro benzene ring substituents is 1. The van der Waals surface area contributed by atoms with E-state index in [1.54, 1.807) is 23.5 Å². The van der Waals surface area contributed by atoms with Gasteiger partial charge in [-0.15, -0.1) is 11.3 Å². The van der Waals surface area contributed by atoms with E-state index in [1.807, 2.05) is 58.9 Å². The fourth-order valence-electron chi connectivity index (χ4n) is 4.81. The number of aromatic nitrogens is 2. The van der Waals surface area contributed by atoms with Gasteiger partial charge in [-0.05, 0) is 23.6 Å². The van der Waals surface area contributed by atoms with Crippen molar-refractivity contribution in [1.82, 2.24) is 19.2 Å². The number of rotatable bonds is 5. The Hall–Kier alpha value is -4.28. The zero-order valence-corrected chi connectivity index (χ0v) is 20.7. The van der Waals surface area contributed by atoms with Crippen molar-refractivity contribution in [2.45, 2.75) is 6.54 Å². The number of carbonyl (C=O) groups is 1. The van der Waals surface area contributed by atoms with Crippen LogP contribution in [0, 0.1) is 10.1 Å². The normalized spacial score (nSPS) is 14.3. The van der Waals surface area contributed by atoms with E-state index in [1.165, 1.54) is 12.1 Å². The molecule has 3 aromatic carbocycles. The fraction of sp³-hybridized carbons (Fsp3) is 0.185. The summed E-state index contributed by atoms with van der Waals surface area (Å²) in [5.74, 6) is 0. The van der Waals surface area contributed by atoms with E-state index < -0.39 is 4.92 Å². The molecule has 1 aliphatic heterocycles. The van der Waals surface area contributed by atoms with Gasteiger partial charge in [0.15, 0.2) is 4.96 Å². The number of non-ortho nitro benzene ring substituents is 1. The van der Waals surface area contributed by atoms with Gasteiger partial charge >= 0.3 is 6.03 Å². The van der Waals surface area contributed by atoms with Gasteiger partial charge in [0.2, 0.25) is 0 Å². The Morgan fingerprint density at radius 1 is 1.00 bits per heavy atom. The van der Waals surface area contributed by atoms with Crippen molar-refractivity contribution in [2.24, 2.45) is 0 Å². The van der Waals surface area contributed by atoms with Crippen LogP contribution < -0.4 is 5.32 Å². The number of benzene rings is 3. The Kier molecular flexibility index (Phi) is 6.03. The predicted molar refractivity (Wildman–Crippen MR) is 145 cm³/mol. The molecule has 0 aliphatic carbocycles. The number of nitrogens with one attached hydrogen (secondary N) is 1. The second kappa shape index (κ2) is 9.64. The molecular weight excluding hydrogens is 488 g/mol. The lowest BCUT2D eigenvalue weighted by molar-refractivity contribution is -0.384. The Bertz CT molecular complexity index is 1600.